The first-order chi connectivity index (χ1) is 14.3. The normalized spacial score (nSPS) is 16.8. The topological polar surface area (TPSA) is 0 Å². The standard InChI is InChI=1S/C13H7F21/c1-2-3-4(14,15)5(16,17)6(18,19)7(20,21)8(22,23)9(24,25)10(26,27)11(28,29)12(30,31)13(32,33)34/h2-3H2,1H3. The van der Waals surface area contributed by atoms with Gasteiger partial charge < -0.3 is 0 Å². The van der Waals surface area contributed by atoms with Crippen molar-refractivity contribution in [1.29, 1.82) is 0 Å². The predicted molar refractivity (Wildman–Crippen MR) is 65.5 cm³/mol. The van der Waals surface area contributed by atoms with Crippen LogP contribution in [0.5, 0.6) is 0 Å². The fourth-order valence-corrected chi connectivity index (χ4v) is 2.06. The zero-order valence-corrected chi connectivity index (χ0v) is 15.4. The van der Waals surface area contributed by atoms with Crippen molar-refractivity contribution in [1.82, 2.24) is 0 Å². The molecule has 0 saturated heterocycles. The van der Waals surface area contributed by atoms with E-state index in [0.29, 0.717) is 6.92 Å². The van der Waals surface area contributed by atoms with Crippen LogP contribution in [0.25, 0.3) is 0 Å². The van der Waals surface area contributed by atoms with Gasteiger partial charge in [-0.25, -0.2) is 0 Å². The minimum atomic E-state index is -9.12. The third-order valence-corrected chi connectivity index (χ3v) is 4.14. The maximum Gasteiger partial charge on any atom is 0.460 e. The van der Waals surface area contributed by atoms with Crippen molar-refractivity contribution in [3.8, 4) is 0 Å². The highest BCUT2D eigenvalue weighted by Gasteiger charge is 2.97. The van der Waals surface area contributed by atoms with E-state index in [4.69, 9.17) is 0 Å². The van der Waals surface area contributed by atoms with Gasteiger partial charge in [0, 0.05) is 6.42 Å². The molecule has 0 radical (unpaired) electrons. The monoisotopic (exact) mass is 562 g/mol. The van der Waals surface area contributed by atoms with E-state index < -0.39 is 72.3 Å². The highest BCUT2D eigenvalue weighted by molar-refractivity contribution is 5.17. The Labute approximate surface area is 173 Å². The first-order valence-corrected chi connectivity index (χ1v) is 7.78. The van der Waals surface area contributed by atoms with E-state index in [1.165, 1.54) is 0 Å². The molecule has 0 aromatic heterocycles. The van der Waals surface area contributed by atoms with Gasteiger partial charge in [-0.1, -0.05) is 13.3 Å². The SMILES string of the molecule is CCCC(F)(F)C(F)(F)C(F)(F)C(F)(F)C(F)(F)C(F)(F)C(F)(F)C(F)(F)C(F)(F)C(F)(F)F. The molecule has 0 saturated carbocycles. The van der Waals surface area contributed by atoms with Gasteiger partial charge in [0.2, 0.25) is 0 Å². The Kier molecular flexibility index (Phi) is 7.67. The van der Waals surface area contributed by atoms with Crippen LogP contribution < -0.4 is 0 Å². The number of hydrogen-bond acceptors (Lipinski definition) is 0. The molecule has 0 rings (SSSR count). The molecule has 0 atom stereocenters. The van der Waals surface area contributed by atoms with E-state index in [1.54, 1.807) is 0 Å². The molecule has 0 aromatic rings. The van der Waals surface area contributed by atoms with Crippen LogP contribution in [0.3, 0.4) is 0 Å². The zero-order valence-electron chi connectivity index (χ0n) is 15.4. The first-order valence-electron chi connectivity index (χ1n) is 7.78. The number of halogens is 21. The Balaban J connectivity index is 7.01. The summed E-state index contributed by atoms with van der Waals surface area (Å²) >= 11 is 0. The lowest BCUT2D eigenvalue weighted by molar-refractivity contribution is -0.474. The van der Waals surface area contributed by atoms with Crippen molar-refractivity contribution in [2.45, 2.75) is 79.2 Å². The van der Waals surface area contributed by atoms with Crippen LogP contribution in [0.4, 0.5) is 92.2 Å². The Bertz CT molecular complexity index is 725. The summed E-state index contributed by atoms with van der Waals surface area (Å²) in [5, 5.41) is 0. The van der Waals surface area contributed by atoms with Gasteiger partial charge in [0.25, 0.3) is 0 Å². The van der Waals surface area contributed by atoms with Crippen molar-refractivity contribution in [2.75, 3.05) is 0 Å². The fraction of sp³-hybridized carbons (Fsp3) is 1.00. The van der Waals surface area contributed by atoms with Gasteiger partial charge in [-0.05, 0) is 0 Å². The molecule has 0 nitrogen and oxygen atoms in total. The summed E-state index contributed by atoms with van der Waals surface area (Å²) in [7, 11) is 0. The van der Waals surface area contributed by atoms with Crippen molar-refractivity contribution in [3.05, 3.63) is 0 Å². The Morgan fingerprint density at radius 2 is 0.529 bits per heavy atom. The van der Waals surface area contributed by atoms with Crippen LogP contribution in [0.2, 0.25) is 0 Å². The van der Waals surface area contributed by atoms with Gasteiger partial charge in [0.15, 0.2) is 0 Å². The number of alkyl halides is 21. The maximum absolute atomic E-state index is 13.4. The van der Waals surface area contributed by atoms with Gasteiger partial charge in [-0.2, -0.15) is 92.2 Å². The van der Waals surface area contributed by atoms with E-state index in [0.717, 1.165) is 0 Å². The lowest BCUT2D eigenvalue weighted by Gasteiger charge is -2.44. The van der Waals surface area contributed by atoms with E-state index in [-0.39, 0.29) is 0 Å². The summed E-state index contributed by atoms with van der Waals surface area (Å²) in [5.41, 5.74) is 0. The fourth-order valence-electron chi connectivity index (χ4n) is 2.06. The van der Waals surface area contributed by atoms with Crippen LogP contribution in [-0.2, 0) is 0 Å². The smallest absolute Gasteiger partial charge is 0.200 e. The molecule has 0 N–H and O–H groups in total. The molecular formula is C13H7F21. The second-order valence-corrected chi connectivity index (χ2v) is 6.55. The van der Waals surface area contributed by atoms with Crippen molar-refractivity contribution < 1.29 is 92.2 Å². The minimum absolute atomic E-state index is 0.479. The Morgan fingerprint density at radius 3 is 0.735 bits per heavy atom. The molecule has 0 unspecified atom stereocenters. The van der Waals surface area contributed by atoms with Crippen molar-refractivity contribution in [3.63, 3.8) is 0 Å². The molecule has 0 aliphatic heterocycles. The summed E-state index contributed by atoms with van der Waals surface area (Å²) in [6.45, 7) is 0.479. The maximum atomic E-state index is 13.4. The summed E-state index contributed by atoms with van der Waals surface area (Å²) in [6.07, 6.45) is -11.8. The molecule has 0 bridgehead atoms. The van der Waals surface area contributed by atoms with E-state index >= 15 is 0 Å². The Morgan fingerprint density at radius 1 is 0.324 bits per heavy atom. The molecule has 0 aromatic carbocycles. The van der Waals surface area contributed by atoms with Crippen LogP contribution in [0.15, 0.2) is 0 Å². The van der Waals surface area contributed by atoms with E-state index in [9.17, 15) is 92.2 Å². The van der Waals surface area contributed by atoms with E-state index in [1.807, 2.05) is 0 Å². The van der Waals surface area contributed by atoms with Gasteiger partial charge >= 0.3 is 59.5 Å². The summed E-state index contributed by atoms with van der Waals surface area (Å²) in [4.78, 5) is 0. The van der Waals surface area contributed by atoms with Crippen molar-refractivity contribution in [2.24, 2.45) is 0 Å². The second kappa shape index (κ2) is 8.02. The first kappa shape index (κ1) is 32.5. The Hall–Kier alpha value is -1.47. The third-order valence-electron chi connectivity index (χ3n) is 4.14. The molecule has 0 spiro atoms. The van der Waals surface area contributed by atoms with Crippen LogP contribution in [0.1, 0.15) is 19.8 Å². The van der Waals surface area contributed by atoms with Gasteiger partial charge in [0.1, 0.15) is 0 Å². The second-order valence-electron chi connectivity index (χ2n) is 6.55. The molecule has 0 aliphatic rings. The highest BCUT2D eigenvalue weighted by Crippen LogP contribution is 2.66. The molecule has 0 heterocycles. The average Bonchev–Trinajstić information content (AvgIpc) is 2.59. The van der Waals surface area contributed by atoms with Crippen molar-refractivity contribution >= 4 is 0 Å². The largest absolute Gasteiger partial charge is 0.460 e. The molecule has 0 amide bonds. The molecule has 34 heavy (non-hydrogen) atoms. The zero-order chi connectivity index (χ0) is 28.4. The molecule has 0 aliphatic carbocycles. The van der Waals surface area contributed by atoms with E-state index in [2.05, 4.69) is 0 Å². The molecule has 206 valence electrons. The van der Waals surface area contributed by atoms with Crippen LogP contribution >= 0.6 is 0 Å². The molecule has 21 heteroatoms. The lowest BCUT2D eigenvalue weighted by atomic mass is 9.85. The average molecular weight is 562 g/mol. The third kappa shape index (κ3) is 3.82. The predicted octanol–water partition coefficient (Wildman–Crippen LogP) is 8.07. The summed E-state index contributed by atoms with van der Waals surface area (Å²) in [6, 6.07) is 0. The van der Waals surface area contributed by atoms with Crippen LogP contribution in [-0.4, -0.2) is 59.5 Å². The lowest BCUT2D eigenvalue weighted by Crippen LogP contribution is -2.76. The van der Waals surface area contributed by atoms with Crippen LogP contribution in [0, 0.1) is 0 Å². The minimum Gasteiger partial charge on any atom is -0.200 e. The van der Waals surface area contributed by atoms with Gasteiger partial charge in [0.05, 0.1) is 0 Å². The number of rotatable bonds is 10. The number of hydrogen-bond donors (Lipinski definition) is 0. The summed E-state index contributed by atoms with van der Waals surface area (Å²) in [5.74, 6) is -76.2. The quantitative estimate of drug-likeness (QED) is 0.237. The molecular weight excluding hydrogens is 555 g/mol. The highest BCUT2D eigenvalue weighted by atomic mass is 19.4. The van der Waals surface area contributed by atoms with Gasteiger partial charge in [-0.3, -0.25) is 0 Å². The summed E-state index contributed by atoms with van der Waals surface area (Å²) < 4.78 is 273. The van der Waals surface area contributed by atoms with Gasteiger partial charge in [-0.15, -0.1) is 0 Å². The molecule has 0 fully saturated rings.